The van der Waals surface area contributed by atoms with Crippen LogP contribution in [0.25, 0.3) is 0 Å². The molecule has 0 atom stereocenters. The van der Waals surface area contributed by atoms with Crippen LogP contribution in [-0.4, -0.2) is 37.3 Å². The van der Waals surface area contributed by atoms with E-state index in [0.717, 1.165) is 28.3 Å². The number of thiophene rings is 1. The third kappa shape index (κ3) is 3.20. The van der Waals surface area contributed by atoms with Gasteiger partial charge in [-0.25, -0.2) is 5.01 Å². The number of rotatable bonds is 4. The fraction of sp³-hybridized carbons (Fsp3) is 0.294. The van der Waals surface area contributed by atoms with Gasteiger partial charge in [-0.3, -0.25) is 4.79 Å². The molecule has 0 unspecified atom stereocenters. The first kappa shape index (κ1) is 14.8. The molecule has 1 aliphatic rings. The maximum atomic E-state index is 12.3. The number of hydrogen-bond donors (Lipinski definition) is 0. The van der Waals surface area contributed by atoms with Gasteiger partial charge in [-0.05, 0) is 29.1 Å². The van der Waals surface area contributed by atoms with Gasteiger partial charge in [-0.15, -0.1) is 11.3 Å². The molecule has 2 heterocycles. The standard InChI is InChI=1S/C17H19N3OS/c1-19(2)14-7-5-13(6-8-14)16-9-10-20(18-16)17(21)12-15-4-3-11-22-15/h3-8,11H,9-10,12H2,1-2H3. The molecule has 3 rings (SSSR count). The predicted molar refractivity (Wildman–Crippen MR) is 91.7 cm³/mol. The summed E-state index contributed by atoms with van der Waals surface area (Å²) in [7, 11) is 4.04. The second kappa shape index (κ2) is 6.32. The minimum absolute atomic E-state index is 0.0716. The molecule has 0 N–H and O–H groups in total. The Morgan fingerprint density at radius 1 is 1.27 bits per heavy atom. The van der Waals surface area contributed by atoms with Gasteiger partial charge < -0.3 is 4.90 Å². The molecular formula is C17H19N3OS. The molecule has 5 heteroatoms. The quantitative estimate of drug-likeness (QED) is 0.870. The SMILES string of the molecule is CN(C)c1ccc(C2=NN(C(=O)Cc3cccs3)CC2)cc1. The first-order valence-electron chi connectivity index (χ1n) is 7.31. The monoisotopic (exact) mass is 313 g/mol. The number of anilines is 1. The smallest absolute Gasteiger partial charge is 0.247 e. The van der Waals surface area contributed by atoms with Gasteiger partial charge in [0.25, 0.3) is 0 Å². The van der Waals surface area contributed by atoms with Crippen molar-refractivity contribution in [3.05, 3.63) is 52.2 Å². The van der Waals surface area contributed by atoms with E-state index < -0.39 is 0 Å². The molecule has 1 amide bonds. The Hall–Kier alpha value is -2.14. The maximum absolute atomic E-state index is 12.3. The lowest BCUT2D eigenvalue weighted by molar-refractivity contribution is -0.129. The molecule has 4 nitrogen and oxygen atoms in total. The van der Waals surface area contributed by atoms with Crippen molar-refractivity contribution >= 4 is 28.6 Å². The fourth-order valence-corrected chi connectivity index (χ4v) is 3.14. The van der Waals surface area contributed by atoms with E-state index in [0.29, 0.717) is 13.0 Å². The summed E-state index contributed by atoms with van der Waals surface area (Å²) in [5.41, 5.74) is 3.25. The van der Waals surface area contributed by atoms with Crippen LogP contribution in [0, 0.1) is 0 Å². The molecule has 0 spiro atoms. The molecule has 0 radical (unpaired) electrons. The molecule has 0 saturated heterocycles. The highest BCUT2D eigenvalue weighted by Gasteiger charge is 2.21. The Morgan fingerprint density at radius 2 is 2.05 bits per heavy atom. The van der Waals surface area contributed by atoms with Gasteiger partial charge in [-0.1, -0.05) is 18.2 Å². The maximum Gasteiger partial charge on any atom is 0.247 e. The zero-order chi connectivity index (χ0) is 15.5. The van der Waals surface area contributed by atoms with Crippen LogP contribution in [0.3, 0.4) is 0 Å². The second-order valence-electron chi connectivity index (χ2n) is 5.51. The minimum Gasteiger partial charge on any atom is -0.378 e. The summed E-state index contributed by atoms with van der Waals surface area (Å²) in [5.74, 6) is 0.0716. The summed E-state index contributed by atoms with van der Waals surface area (Å²) in [5, 5.41) is 8.10. The van der Waals surface area contributed by atoms with E-state index in [-0.39, 0.29) is 5.91 Å². The van der Waals surface area contributed by atoms with Crippen molar-refractivity contribution in [2.45, 2.75) is 12.8 Å². The fourth-order valence-electron chi connectivity index (χ4n) is 2.45. The van der Waals surface area contributed by atoms with Gasteiger partial charge in [0.05, 0.1) is 18.7 Å². The second-order valence-corrected chi connectivity index (χ2v) is 6.54. The van der Waals surface area contributed by atoms with Crippen LogP contribution in [0.4, 0.5) is 5.69 Å². The lowest BCUT2D eigenvalue weighted by Gasteiger charge is -2.12. The molecule has 114 valence electrons. The largest absolute Gasteiger partial charge is 0.378 e. The van der Waals surface area contributed by atoms with Crippen LogP contribution in [0.15, 0.2) is 46.9 Å². The van der Waals surface area contributed by atoms with Gasteiger partial charge in [0.1, 0.15) is 0 Å². The van der Waals surface area contributed by atoms with Gasteiger partial charge in [0, 0.05) is 31.1 Å². The molecule has 0 aliphatic carbocycles. The molecule has 0 fully saturated rings. The van der Waals surface area contributed by atoms with Gasteiger partial charge in [-0.2, -0.15) is 5.10 Å². The van der Waals surface area contributed by atoms with E-state index >= 15 is 0 Å². The first-order chi connectivity index (χ1) is 10.6. The summed E-state index contributed by atoms with van der Waals surface area (Å²) in [4.78, 5) is 15.4. The molecular weight excluding hydrogens is 294 g/mol. The predicted octanol–water partition coefficient (Wildman–Crippen LogP) is 2.99. The van der Waals surface area contributed by atoms with E-state index in [9.17, 15) is 4.79 Å². The highest BCUT2D eigenvalue weighted by molar-refractivity contribution is 7.10. The van der Waals surface area contributed by atoms with Crippen LogP contribution in [-0.2, 0) is 11.2 Å². The average molecular weight is 313 g/mol. The van der Waals surface area contributed by atoms with E-state index in [2.05, 4.69) is 34.3 Å². The molecule has 0 saturated carbocycles. The van der Waals surface area contributed by atoms with Crippen LogP contribution < -0.4 is 4.90 Å². The molecule has 1 aromatic carbocycles. The average Bonchev–Trinajstić information content (AvgIpc) is 3.18. The van der Waals surface area contributed by atoms with Crippen molar-refractivity contribution in [3.8, 4) is 0 Å². The summed E-state index contributed by atoms with van der Waals surface area (Å²) >= 11 is 1.61. The lowest BCUT2D eigenvalue weighted by atomic mass is 10.1. The zero-order valence-electron chi connectivity index (χ0n) is 12.8. The van der Waals surface area contributed by atoms with Gasteiger partial charge in [0.15, 0.2) is 0 Å². The van der Waals surface area contributed by atoms with Crippen molar-refractivity contribution in [1.82, 2.24) is 5.01 Å². The van der Waals surface area contributed by atoms with E-state index in [4.69, 9.17) is 0 Å². The van der Waals surface area contributed by atoms with E-state index in [1.54, 1.807) is 16.3 Å². The third-order valence-corrected chi connectivity index (χ3v) is 4.59. The summed E-state index contributed by atoms with van der Waals surface area (Å²) in [6.45, 7) is 0.676. The molecule has 2 aromatic rings. The topological polar surface area (TPSA) is 35.9 Å². The number of hydrazone groups is 1. The van der Waals surface area contributed by atoms with Crippen molar-refractivity contribution in [3.63, 3.8) is 0 Å². The Kier molecular flexibility index (Phi) is 4.24. The van der Waals surface area contributed by atoms with Crippen molar-refractivity contribution < 1.29 is 4.79 Å². The number of carbonyl (C=O) groups is 1. The summed E-state index contributed by atoms with van der Waals surface area (Å²) < 4.78 is 0. The highest BCUT2D eigenvalue weighted by atomic mass is 32.1. The number of hydrogen-bond acceptors (Lipinski definition) is 4. The van der Waals surface area contributed by atoms with Crippen LogP contribution in [0.5, 0.6) is 0 Å². The highest BCUT2D eigenvalue weighted by Crippen LogP contribution is 2.19. The van der Waals surface area contributed by atoms with Crippen molar-refractivity contribution in [1.29, 1.82) is 0 Å². The number of nitrogens with zero attached hydrogens (tertiary/aromatic N) is 3. The van der Waals surface area contributed by atoms with Crippen LogP contribution in [0.1, 0.15) is 16.9 Å². The van der Waals surface area contributed by atoms with Gasteiger partial charge >= 0.3 is 0 Å². The normalized spacial score (nSPS) is 14.1. The first-order valence-corrected chi connectivity index (χ1v) is 8.19. The Labute approximate surface area is 134 Å². The minimum atomic E-state index is 0.0716. The molecule has 22 heavy (non-hydrogen) atoms. The Balaban J connectivity index is 1.69. The summed E-state index contributed by atoms with van der Waals surface area (Å²) in [6.07, 6.45) is 1.26. The third-order valence-electron chi connectivity index (χ3n) is 3.71. The van der Waals surface area contributed by atoms with E-state index in [1.807, 2.05) is 31.6 Å². The lowest BCUT2D eigenvalue weighted by Crippen LogP contribution is -2.24. The number of amides is 1. The van der Waals surface area contributed by atoms with E-state index in [1.165, 1.54) is 0 Å². The Bertz CT molecular complexity index is 674. The van der Waals surface area contributed by atoms with Crippen molar-refractivity contribution in [2.75, 3.05) is 25.5 Å². The van der Waals surface area contributed by atoms with Gasteiger partial charge in [0.2, 0.25) is 5.91 Å². The van der Waals surface area contributed by atoms with Crippen molar-refractivity contribution in [2.24, 2.45) is 5.10 Å². The molecule has 1 aliphatic heterocycles. The summed E-state index contributed by atoms with van der Waals surface area (Å²) in [6, 6.07) is 12.3. The van der Waals surface area contributed by atoms with Crippen LogP contribution >= 0.6 is 11.3 Å². The molecule has 1 aromatic heterocycles. The van der Waals surface area contributed by atoms with Crippen LogP contribution in [0.2, 0.25) is 0 Å². The molecule has 0 bridgehead atoms. The number of carbonyl (C=O) groups excluding carboxylic acids is 1. The number of benzene rings is 1. The Morgan fingerprint density at radius 3 is 2.68 bits per heavy atom. The zero-order valence-corrected chi connectivity index (χ0v) is 13.6.